The number of likely N-dealkylation sites (tertiary alicyclic amines) is 1. The van der Waals surface area contributed by atoms with E-state index >= 15 is 0 Å². The molecule has 1 amide bonds. The van der Waals surface area contributed by atoms with Crippen LogP contribution in [-0.4, -0.2) is 30.1 Å². The smallest absolute Gasteiger partial charge is 0.338 e. The van der Waals surface area contributed by atoms with Gasteiger partial charge in [0.1, 0.15) is 0 Å². The van der Waals surface area contributed by atoms with Crippen molar-refractivity contribution < 1.29 is 18.0 Å². The second-order valence-corrected chi connectivity index (χ2v) is 6.33. The van der Waals surface area contributed by atoms with Crippen molar-refractivity contribution in [2.75, 3.05) is 13.1 Å². The monoisotopic (exact) mass is 417 g/mol. The molecule has 0 aliphatic carbocycles. The molecule has 1 saturated heterocycles. The summed E-state index contributed by atoms with van der Waals surface area (Å²) in [4.78, 5) is 13.5. The fourth-order valence-corrected chi connectivity index (χ4v) is 2.87. The van der Waals surface area contributed by atoms with Crippen molar-refractivity contribution in [2.24, 2.45) is 5.92 Å². The van der Waals surface area contributed by atoms with E-state index in [2.05, 4.69) is 0 Å². The van der Waals surface area contributed by atoms with Crippen LogP contribution in [0.4, 0.5) is 13.2 Å². The number of piperidine rings is 1. The Labute approximate surface area is 133 Å². The summed E-state index contributed by atoms with van der Waals surface area (Å²) in [6.45, 7) is 0.103. The predicted molar refractivity (Wildman–Crippen MR) is 78.9 cm³/mol. The molecule has 0 radical (unpaired) electrons. The fourth-order valence-electron chi connectivity index (χ4n) is 2.24. The zero-order valence-electron chi connectivity index (χ0n) is 10.4. The van der Waals surface area contributed by atoms with E-state index in [4.69, 9.17) is 11.6 Å². The third-order valence-electron chi connectivity index (χ3n) is 3.34. The highest BCUT2D eigenvalue weighted by Crippen LogP contribution is 2.33. The number of benzene rings is 1. The van der Waals surface area contributed by atoms with Crippen LogP contribution in [0.1, 0.15) is 23.2 Å². The Morgan fingerprint density at radius 1 is 1.40 bits per heavy atom. The van der Waals surface area contributed by atoms with Gasteiger partial charge < -0.3 is 4.90 Å². The molecule has 0 N–H and O–H groups in total. The van der Waals surface area contributed by atoms with Gasteiger partial charge >= 0.3 is 6.18 Å². The summed E-state index contributed by atoms with van der Waals surface area (Å²) in [6.07, 6.45) is -3.78. The van der Waals surface area contributed by atoms with Crippen LogP contribution in [0.3, 0.4) is 0 Å². The molecule has 1 aliphatic rings. The van der Waals surface area contributed by atoms with Crippen LogP contribution >= 0.6 is 34.2 Å². The van der Waals surface area contributed by atoms with Gasteiger partial charge in [0.2, 0.25) is 0 Å². The molecular formula is C13H12ClF3INO. The maximum absolute atomic E-state index is 12.7. The minimum absolute atomic E-state index is 0.0887. The van der Waals surface area contributed by atoms with Crippen molar-refractivity contribution in [1.29, 1.82) is 0 Å². The van der Waals surface area contributed by atoms with Crippen LogP contribution in [0.2, 0.25) is 5.02 Å². The molecule has 20 heavy (non-hydrogen) atoms. The van der Waals surface area contributed by atoms with E-state index in [9.17, 15) is 18.0 Å². The van der Waals surface area contributed by atoms with E-state index in [1.165, 1.54) is 4.90 Å². The first-order chi connectivity index (χ1) is 9.29. The first-order valence-electron chi connectivity index (χ1n) is 6.10. The summed E-state index contributed by atoms with van der Waals surface area (Å²) >= 11 is 7.86. The van der Waals surface area contributed by atoms with Crippen molar-refractivity contribution in [2.45, 2.75) is 19.0 Å². The molecule has 0 bridgehead atoms. The van der Waals surface area contributed by atoms with Crippen LogP contribution in [0.25, 0.3) is 0 Å². The van der Waals surface area contributed by atoms with Gasteiger partial charge in [-0.2, -0.15) is 13.2 Å². The van der Waals surface area contributed by atoms with Gasteiger partial charge in [-0.3, -0.25) is 4.79 Å². The Bertz CT molecular complexity index is 521. The Morgan fingerprint density at radius 3 is 2.70 bits per heavy atom. The number of alkyl halides is 3. The maximum Gasteiger partial charge on any atom is 0.393 e. The molecule has 2 rings (SSSR count). The van der Waals surface area contributed by atoms with Crippen LogP contribution in [0, 0.1) is 9.49 Å². The highest BCUT2D eigenvalue weighted by atomic mass is 127. The molecule has 1 aliphatic heterocycles. The van der Waals surface area contributed by atoms with Gasteiger partial charge in [-0.05, 0) is 53.6 Å². The first kappa shape index (κ1) is 15.9. The van der Waals surface area contributed by atoms with Crippen molar-refractivity contribution in [1.82, 2.24) is 4.90 Å². The zero-order valence-corrected chi connectivity index (χ0v) is 13.3. The second-order valence-electron chi connectivity index (χ2n) is 4.76. The topological polar surface area (TPSA) is 20.3 Å². The highest BCUT2D eigenvalue weighted by Gasteiger charge is 2.42. The lowest BCUT2D eigenvalue weighted by molar-refractivity contribution is -0.184. The van der Waals surface area contributed by atoms with Crippen molar-refractivity contribution in [3.8, 4) is 0 Å². The average molecular weight is 418 g/mol. The van der Waals surface area contributed by atoms with Gasteiger partial charge in [0, 0.05) is 22.2 Å². The standard InChI is InChI=1S/C13H12ClF3INO/c14-10-4-3-8(6-11(10)18)12(20)19-5-1-2-9(7-19)13(15,16)17/h3-4,6,9H,1-2,5,7H2. The van der Waals surface area contributed by atoms with Gasteiger partial charge in [-0.1, -0.05) is 11.6 Å². The normalized spacial score (nSPS) is 20.1. The Hall–Kier alpha value is -0.500. The largest absolute Gasteiger partial charge is 0.393 e. The van der Waals surface area contributed by atoms with Crippen LogP contribution in [0.5, 0.6) is 0 Å². The summed E-state index contributed by atoms with van der Waals surface area (Å²) in [5.74, 6) is -1.79. The summed E-state index contributed by atoms with van der Waals surface area (Å²) in [5, 5.41) is 0.522. The minimum Gasteiger partial charge on any atom is -0.338 e. The average Bonchev–Trinajstić information content (AvgIpc) is 2.40. The third kappa shape index (κ3) is 3.58. The van der Waals surface area contributed by atoms with E-state index in [0.717, 1.165) is 0 Å². The predicted octanol–water partition coefficient (Wildman–Crippen LogP) is 4.36. The summed E-state index contributed by atoms with van der Waals surface area (Å²) in [7, 11) is 0. The number of hydrogen-bond acceptors (Lipinski definition) is 1. The van der Waals surface area contributed by atoms with Crippen molar-refractivity contribution >= 4 is 40.1 Å². The first-order valence-corrected chi connectivity index (χ1v) is 7.56. The number of rotatable bonds is 1. The van der Waals surface area contributed by atoms with E-state index in [1.807, 2.05) is 22.6 Å². The Morgan fingerprint density at radius 2 is 2.10 bits per heavy atom. The number of amides is 1. The lowest BCUT2D eigenvalue weighted by Gasteiger charge is -2.33. The quantitative estimate of drug-likeness (QED) is 0.622. The molecule has 1 aromatic rings. The van der Waals surface area contributed by atoms with Gasteiger partial charge in [0.05, 0.1) is 10.9 Å². The molecule has 0 saturated carbocycles. The molecule has 1 unspecified atom stereocenters. The number of carbonyl (C=O) groups is 1. The second kappa shape index (κ2) is 6.09. The number of halogens is 5. The SMILES string of the molecule is O=C(c1ccc(Cl)c(I)c1)N1CCCC(C(F)(F)F)C1. The number of carbonyl (C=O) groups excluding carboxylic acids is 1. The van der Waals surface area contributed by atoms with Gasteiger partial charge in [0.15, 0.2) is 0 Å². The lowest BCUT2D eigenvalue weighted by atomic mass is 9.97. The van der Waals surface area contributed by atoms with Gasteiger partial charge in [0.25, 0.3) is 5.91 Å². The number of nitrogens with zero attached hydrogens (tertiary/aromatic N) is 1. The van der Waals surface area contributed by atoms with E-state index in [-0.39, 0.29) is 18.9 Å². The summed E-state index contributed by atoms with van der Waals surface area (Å²) < 4.78 is 38.9. The lowest BCUT2D eigenvalue weighted by Crippen LogP contribution is -2.44. The molecule has 1 heterocycles. The highest BCUT2D eigenvalue weighted by molar-refractivity contribution is 14.1. The molecule has 0 aromatic heterocycles. The maximum atomic E-state index is 12.7. The third-order valence-corrected chi connectivity index (χ3v) is 4.88. The summed E-state index contributed by atoms with van der Waals surface area (Å²) in [5.41, 5.74) is 0.377. The molecule has 1 aromatic carbocycles. The van der Waals surface area contributed by atoms with Gasteiger partial charge in [-0.15, -0.1) is 0 Å². The van der Waals surface area contributed by atoms with Gasteiger partial charge in [-0.25, -0.2) is 0 Å². The van der Waals surface area contributed by atoms with Crippen LogP contribution < -0.4 is 0 Å². The van der Waals surface area contributed by atoms with Crippen molar-refractivity contribution in [3.63, 3.8) is 0 Å². The molecule has 2 nitrogen and oxygen atoms in total. The Balaban J connectivity index is 2.14. The fraction of sp³-hybridized carbons (Fsp3) is 0.462. The minimum atomic E-state index is -4.24. The Kier molecular flexibility index (Phi) is 4.84. The molecule has 1 atom stereocenters. The van der Waals surface area contributed by atoms with Crippen LogP contribution in [0.15, 0.2) is 18.2 Å². The molecule has 110 valence electrons. The van der Waals surface area contributed by atoms with Crippen LogP contribution in [-0.2, 0) is 0 Å². The van der Waals surface area contributed by atoms with Crippen molar-refractivity contribution in [3.05, 3.63) is 32.4 Å². The number of hydrogen-bond donors (Lipinski definition) is 0. The molecule has 1 fully saturated rings. The molecular weight excluding hydrogens is 406 g/mol. The zero-order chi connectivity index (χ0) is 14.9. The van der Waals surface area contributed by atoms with E-state index < -0.39 is 12.1 Å². The van der Waals surface area contributed by atoms with E-state index in [0.29, 0.717) is 27.1 Å². The molecule has 7 heteroatoms. The molecule has 0 spiro atoms. The summed E-state index contributed by atoms with van der Waals surface area (Å²) in [6, 6.07) is 4.73. The van der Waals surface area contributed by atoms with E-state index in [1.54, 1.807) is 18.2 Å².